The van der Waals surface area contributed by atoms with Crippen molar-refractivity contribution >= 4 is 0 Å². The number of hydrogen-bond donors (Lipinski definition) is 1. The molecule has 3 heteroatoms. The highest BCUT2D eigenvalue weighted by Crippen LogP contribution is 2.45. The molecular formula is C18H17NO2. The Balaban J connectivity index is 1.94. The van der Waals surface area contributed by atoms with Gasteiger partial charge in [0.2, 0.25) is 0 Å². The lowest BCUT2D eigenvalue weighted by atomic mass is 9.89. The van der Waals surface area contributed by atoms with Crippen LogP contribution in [0.4, 0.5) is 0 Å². The van der Waals surface area contributed by atoms with Gasteiger partial charge in [0.15, 0.2) is 5.60 Å². The van der Waals surface area contributed by atoms with Gasteiger partial charge in [-0.1, -0.05) is 24.1 Å². The second-order valence-electron chi connectivity index (χ2n) is 5.23. The summed E-state index contributed by atoms with van der Waals surface area (Å²) in [6, 6.07) is 13.0. The molecule has 1 fully saturated rings. The van der Waals surface area contributed by atoms with Gasteiger partial charge in [0.25, 0.3) is 0 Å². The van der Waals surface area contributed by atoms with Gasteiger partial charge in [-0.25, -0.2) is 4.98 Å². The van der Waals surface area contributed by atoms with E-state index in [1.165, 1.54) is 0 Å². The lowest BCUT2D eigenvalue weighted by Crippen LogP contribution is -2.26. The lowest BCUT2D eigenvalue weighted by Gasteiger charge is -2.22. The number of hydrogen-bond acceptors (Lipinski definition) is 3. The van der Waals surface area contributed by atoms with Gasteiger partial charge in [-0.3, -0.25) is 0 Å². The van der Waals surface area contributed by atoms with Crippen LogP contribution in [0.3, 0.4) is 0 Å². The Morgan fingerprint density at radius 2 is 1.95 bits per heavy atom. The molecule has 0 spiro atoms. The summed E-state index contributed by atoms with van der Waals surface area (Å²) in [6.07, 6.45) is 3.70. The topological polar surface area (TPSA) is 42.4 Å². The average molecular weight is 279 g/mol. The molecule has 1 heterocycles. The first-order chi connectivity index (χ1) is 10.2. The highest BCUT2D eigenvalue weighted by molar-refractivity contribution is 5.41. The number of ether oxygens (including phenoxy) is 1. The van der Waals surface area contributed by atoms with E-state index in [-0.39, 0.29) is 5.92 Å². The van der Waals surface area contributed by atoms with Crippen LogP contribution >= 0.6 is 0 Å². The number of aliphatic hydroxyl groups is 1. The second kappa shape index (κ2) is 5.59. The molecule has 3 nitrogen and oxygen atoms in total. The quantitative estimate of drug-likeness (QED) is 0.878. The molecule has 0 aliphatic heterocycles. The number of rotatable bonds is 3. The number of benzene rings is 1. The molecule has 1 aromatic carbocycles. The van der Waals surface area contributed by atoms with Gasteiger partial charge < -0.3 is 9.84 Å². The van der Waals surface area contributed by atoms with E-state index in [2.05, 4.69) is 16.8 Å². The largest absolute Gasteiger partial charge is 0.497 e. The summed E-state index contributed by atoms with van der Waals surface area (Å²) in [5.41, 5.74) is 0.378. The smallest absolute Gasteiger partial charge is 0.154 e. The summed E-state index contributed by atoms with van der Waals surface area (Å²) >= 11 is 0. The van der Waals surface area contributed by atoms with E-state index in [1.807, 2.05) is 42.5 Å². The van der Waals surface area contributed by atoms with Crippen LogP contribution in [0, 0.1) is 17.8 Å². The number of aromatic nitrogens is 1. The third-order valence-corrected chi connectivity index (χ3v) is 3.74. The summed E-state index contributed by atoms with van der Waals surface area (Å²) in [4.78, 5) is 4.18. The van der Waals surface area contributed by atoms with E-state index >= 15 is 0 Å². The molecule has 1 unspecified atom stereocenters. The molecule has 2 aromatic rings. The third kappa shape index (κ3) is 2.91. The fourth-order valence-electron chi connectivity index (χ4n) is 2.35. The minimum absolute atomic E-state index is 0.196. The Labute approximate surface area is 124 Å². The van der Waals surface area contributed by atoms with E-state index in [1.54, 1.807) is 13.3 Å². The van der Waals surface area contributed by atoms with Gasteiger partial charge in [0, 0.05) is 12.1 Å². The molecule has 0 amide bonds. The van der Waals surface area contributed by atoms with Crippen LogP contribution < -0.4 is 4.74 Å². The SMILES string of the molecule is COc1ccc(C(O)(C#Cc2ccccn2)C2CC2)cc1. The molecule has 106 valence electrons. The summed E-state index contributed by atoms with van der Waals surface area (Å²) in [5.74, 6) is 6.99. The number of pyridine rings is 1. The van der Waals surface area contributed by atoms with Crippen molar-refractivity contribution in [2.75, 3.05) is 7.11 Å². The van der Waals surface area contributed by atoms with E-state index in [0.29, 0.717) is 5.69 Å². The van der Waals surface area contributed by atoms with Crippen LogP contribution in [0.15, 0.2) is 48.7 Å². The minimum Gasteiger partial charge on any atom is -0.497 e. The summed E-state index contributed by atoms with van der Waals surface area (Å²) in [5, 5.41) is 11.0. The van der Waals surface area contributed by atoms with Crippen molar-refractivity contribution in [2.24, 2.45) is 5.92 Å². The molecule has 1 N–H and O–H groups in total. The number of nitrogens with zero attached hydrogens (tertiary/aromatic N) is 1. The van der Waals surface area contributed by atoms with Crippen molar-refractivity contribution in [3.8, 4) is 17.6 Å². The first kappa shape index (κ1) is 13.7. The second-order valence-corrected chi connectivity index (χ2v) is 5.23. The first-order valence-electron chi connectivity index (χ1n) is 7.03. The van der Waals surface area contributed by atoms with E-state index in [4.69, 9.17) is 4.74 Å². The van der Waals surface area contributed by atoms with Crippen molar-refractivity contribution in [1.82, 2.24) is 4.98 Å². The predicted molar refractivity (Wildman–Crippen MR) is 80.7 cm³/mol. The lowest BCUT2D eigenvalue weighted by molar-refractivity contribution is 0.0756. The van der Waals surface area contributed by atoms with Crippen LogP contribution in [0.2, 0.25) is 0 Å². The molecular weight excluding hydrogens is 262 g/mol. The van der Waals surface area contributed by atoms with Crippen LogP contribution in [0.5, 0.6) is 5.75 Å². The van der Waals surface area contributed by atoms with Crippen molar-refractivity contribution in [1.29, 1.82) is 0 Å². The maximum Gasteiger partial charge on any atom is 0.154 e. The number of methoxy groups -OCH3 is 1. The van der Waals surface area contributed by atoms with Gasteiger partial charge in [-0.2, -0.15) is 0 Å². The van der Waals surface area contributed by atoms with Gasteiger partial charge >= 0.3 is 0 Å². The maximum absolute atomic E-state index is 11.0. The predicted octanol–water partition coefficient (Wildman–Crippen LogP) is 2.74. The zero-order valence-electron chi connectivity index (χ0n) is 11.9. The Kier molecular flexibility index (Phi) is 3.64. The highest BCUT2D eigenvalue weighted by Gasteiger charge is 2.44. The fourth-order valence-corrected chi connectivity index (χ4v) is 2.35. The van der Waals surface area contributed by atoms with Gasteiger partial charge in [0.05, 0.1) is 7.11 Å². The Morgan fingerprint density at radius 1 is 1.19 bits per heavy atom. The van der Waals surface area contributed by atoms with Crippen LogP contribution in [0.1, 0.15) is 24.1 Å². The highest BCUT2D eigenvalue weighted by atomic mass is 16.5. The maximum atomic E-state index is 11.0. The summed E-state index contributed by atoms with van der Waals surface area (Å²) < 4.78 is 5.16. The summed E-state index contributed by atoms with van der Waals surface area (Å²) in [6.45, 7) is 0. The molecule has 3 rings (SSSR count). The fraction of sp³-hybridized carbons (Fsp3) is 0.278. The molecule has 1 aliphatic carbocycles. The monoisotopic (exact) mass is 279 g/mol. The van der Waals surface area contributed by atoms with E-state index in [0.717, 1.165) is 24.2 Å². The van der Waals surface area contributed by atoms with Gasteiger partial charge in [-0.15, -0.1) is 0 Å². The normalized spacial score (nSPS) is 16.5. The Morgan fingerprint density at radius 3 is 2.52 bits per heavy atom. The molecule has 0 radical (unpaired) electrons. The Hall–Kier alpha value is -2.31. The molecule has 1 aliphatic rings. The van der Waals surface area contributed by atoms with Crippen molar-refractivity contribution in [3.63, 3.8) is 0 Å². The van der Waals surface area contributed by atoms with E-state index in [9.17, 15) is 5.11 Å². The molecule has 1 aromatic heterocycles. The minimum atomic E-state index is -1.11. The molecule has 1 saturated carbocycles. The molecule has 21 heavy (non-hydrogen) atoms. The summed E-state index contributed by atoms with van der Waals surface area (Å²) in [7, 11) is 1.63. The zero-order chi connectivity index (χ0) is 14.7. The van der Waals surface area contributed by atoms with Crippen molar-refractivity contribution in [3.05, 3.63) is 59.9 Å². The van der Waals surface area contributed by atoms with Gasteiger partial charge in [-0.05, 0) is 48.6 Å². The molecule has 1 atom stereocenters. The first-order valence-corrected chi connectivity index (χ1v) is 7.03. The molecule has 0 bridgehead atoms. The average Bonchev–Trinajstić information content (AvgIpc) is 3.39. The van der Waals surface area contributed by atoms with Gasteiger partial charge in [0.1, 0.15) is 11.4 Å². The molecule has 0 saturated heterocycles. The van der Waals surface area contributed by atoms with E-state index < -0.39 is 5.60 Å². The van der Waals surface area contributed by atoms with Crippen LogP contribution in [-0.2, 0) is 5.60 Å². The zero-order valence-corrected chi connectivity index (χ0v) is 11.9. The van der Waals surface area contributed by atoms with Crippen molar-refractivity contribution in [2.45, 2.75) is 18.4 Å². The third-order valence-electron chi connectivity index (χ3n) is 3.74. The van der Waals surface area contributed by atoms with Crippen molar-refractivity contribution < 1.29 is 9.84 Å². The standard InChI is InChI=1S/C18H17NO2/c1-21-17-9-7-15(8-10-17)18(20,14-5-6-14)12-11-16-4-2-3-13-19-16/h2-4,7-10,13-14,20H,5-6H2,1H3. The van der Waals surface area contributed by atoms with Crippen LogP contribution in [0.25, 0.3) is 0 Å². The van der Waals surface area contributed by atoms with Crippen LogP contribution in [-0.4, -0.2) is 17.2 Å². The Bertz CT molecular complexity index is 666.